The predicted octanol–water partition coefficient (Wildman–Crippen LogP) is 3.00. The molecular formula is C25H40N4O4. The van der Waals surface area contributed by atoms with Crippen molar-refractivity contribution in [3.63, 3.8) is 0 Å². The molecule has 0 aliphatic carbocycles. The van der Waals surface area contributed by atoms with Gasteiger partial charge in [-0.25, -0.2) is 4.79 Å². The first-order chi connectivity index (χ1) is 15.7. The molecule has 3 rings (SSSR count). The average Bonchev–Trinajstić information content (AvgIpc) is 3.01. The van der Waals surface area contributed by atoms with Gasteiger partial charge >= 0.3 is 6.03 Å². The molecule has 2 N–H and O–H groups in total. The second-order valence-corrected chi connectivity index (χ2v) is 9.88. The number of amides is 3. The van der Waals surface area contributed by atoms with Crippen LogP contribution >= 0.6 is 0 Å². The van der Waals surface area contributed by atoms with E-state index in [1.54, 1.807) is 14.2 Å². The Balaban J connectivity index is 1.74. The molecule has 8 nitrogen and oxygen atoms in total. The van der Waals surface area contributed by atoms with E-state index < -0.39 is 5.66 Å². The molecule has 2 fully saturated rings. The van der Waals surface area contributed by atoms with Crippen LogP contribution in [0.1, 0.15) is 52.5 Å². The fourth-order valence-electron chi connectivity index (χ4n) is 4.93. The smallest absolute Gasteiger partial charge is 0.317 e. The van der Waals surface area contributed by atoms with Gasteiger partial charge in [0.15, 0.2) is 11.5 Å². The molecule has 2 aliphatic rings. The molecule has 1 aromatic carbocycles. The number of likely N-dealkylation sites (tertiary alicyclic amines) is 1. The van der Waals surface area contributed by atoms with Gasteiger partial charge in [0.05, 0.1) is 25.9 Å². The Morgan fingerprint density at radius 3 is 2.39 bits per heavy atom. The molecule has 0 radical (unpaired) electrons. The molecular weight excluding hydrogens is 420 g/mol. The van der Waals surface area contributed by atoms with E-state index in [9.17, 15) is 9.59 Å². The van der Waals surface area contributed by atoms with E-state index in [0.29, 0.717) is 37.1 Å². The zero-order chi connectivity index (χ0) is 24.2. The minimum Gasteiger partial charge on any atom is -0.493 e. The Bertz CT molecular complexity index is 834. The van der Waals surface area contributed by atoms with Crippen molar-refractivity contribution in [3.05, 3.63) is 23.8 Å². The van der Waals surface area contributed by atoms with Crippen molar-refractivity contribution < 1.29 is 19.1 Å². The number of methoxy groups -OCH3 is 2. The SMILES string of the molecule is COc1ccc(CCN2C(=O)[C@@H](CC(C)C)NC23CCN(C(=O)NC(C)C)CC3)cc1OC. The summed E-state index contributed by atoms with van der Waals surface area (Å²) >= 11 is 0. The van der Waals surface area contributed by atoms with Crippen molar-refractivity contribution >= 4 is 11.9 Å². The summed E-state index contributed by atoms with van der Waals surface area (Å²) < 4.78 is 10.8. The maximum atomic E-state index is 13.4. The molecule has 0 saturated carbocycles. The molecule has 1 aromatic rings. The molecule has 33 heavy (non-hydrogen) atoms. The first-order valence-electron chi connectivity index (χ1n) is 12.0. The fourth-order valence-corrected chi connectivity index (χ4v) is 4.93. The summed E-state index contributed by atoms with van der Waals surface area (Å²) in [5.74, 6) is 1.98. The van der Waals surface area contributed by atoms with E-state index >= 15 is 0 Å². The van der Waals surface area contributed by atoms with Crippen LogP contribution in [0, 0.1) is 5.92 Å². The van der Waals surface area contributed by atoms with Gasteiger partial charge in [0.2, 0.25) is 5.91 Å². The van der Waals surface area contributed by atoms with Crippen LogP contribution in [0.5, 0.6) is 11.5 Å². The number of urea groups is 1. The van der Waals surface area contributed by atoms with Crippen molar-refractivity contribution in [2.75, 3.05) is 33.9 Å². The van der Waals surface area contributed by atoms with Crippen molar-refractivity contribution in [2.45, 2.75) is 71.1 Å². The molecule has 184 valence electrons. The summed E-state index contributed by atoms with van der Waals surface area (Å²) in [6.07, 6.45) is 2.99. The van der Waals surface area contributed by atoms with Crippen molar-refractivity contribution in [2.24, 2.45) is 5.92 Å². The maximum Gasteiger partial charge on any atom is 0.317 e. The normalized spacial score (nSPS) is 20.1. The number of carbonyl (C=O) groups is 2. The summed E-state index contributed by atoms with van der Waals surface area (Å²) in [5, 5.41) is 6.67. The third-order valence-corrected chi connectivity index (χ3v) is 6.59. The predicted molar refractivity (Wildman–Crippen MR) is 129 cm³/mol. The van der Waals surface area contributed by atoms with Crippen molar-refractivity contribution in [3.8, 4) is 11.5 Å². The number of carbonyl (C=O) groups excluding carboxylic acids is 2. The second kappa shape index (κ2) is 10.6. The summed E-state index contributed by atoms with van der Waals surface area (Å²) in [6, 6.07) is 5.80. The third-order valence-electron chi connectivity index (χ3n) is 6.59. The second-order valence-electron chi connectivity index (χ2n) is 9.88. The van der Waals surface area contributed by atoms with Crippen LogP contribution in [0.25, 0.3) is 0 Å². The highest BCUT2D eigenvalue weighted by atomic mass is 16.5. The van der Waals surface area contributed by atoms with E-state index in [4.69, 9.17) is 9.47 Å². The number of piperidine rings is 1. The molecule has 2 saturated heterocycles. The lowest BCUT2D eigenvalue weighted by atomic mass is 9.95. The third kappa shape index (κ3) is 5.72. The van der Waals surface area contributed by atoms with Gasteiger partial charge < -0.3 is 24.6 Å². The molecule has 0 bridgehead atoms. The van der Waals surface area contributed by atoms with Crippen molar-refractivity contribution in [1.82, 2.24) is 20.4 Å². The molecule has 0 aromatic heterocycles. The van der Waals surface area contributed by atoms with E-state index in [-0.39, 0.29) is 24.0 Å². The lowest BCUT2D eigenvalue weighted by Crippen LogP contribution is -2.61. The van der Waals surface area contributed by atoms with Gasteiger partial charge in [-0.15, -0.1) is 0 Å². The highest BCUT2D eigenvalue weighted by molar-refractivity contribution is 5.85. The molecule has 1 atom stereocenters. The molecule has 3 amide bonds. The number of benzene rings is 1. The lowest BCUT2D eigenvalue weighted by Gasteiger charge is -2.44. The van der Waals surface area contributed by atoms with Gasteiger partial charge in [0, 0.05) is 38.5 Å². The number of nitrogens with one attached hydrogen (secondary N) is 2. The zero-order valence-corrected chi connectivity index (χ0v) is 20.9. The summed E-state index contributed by atoms with van der Waals surface area (Å²) in [4.78, 5) is 29.8. The van der Waals surface area contributed by atoms with Gasteiger partial charge in [-0.2, -0.15) is 0 Å². The summed E-state index contributed by atoms with van der Waals surface area (Å²) in [5.41, 5.74) is 0.693. The van der Waals surface area contributed by atoms with Crippen LogP contribution in [0.3, 0.4) is 0 Å². The van der Waals surface area contributed by atoms with Crippen LogP contribution in [-0.2, 0) is 11.2 Å². The molecule has 0 unspecified atom stereocenters. The van der Waals surface area contributed by atoms with Crippen LogP contribution in [0.15, 0.2) is 18.2 Å². The van der Waals surface area contributed by atoms with Crippen LogP contribution in [0.2, 0.25) is 0 Å². The minimum atomic E-state index is -0.401. The van der Waals surface area contributed by atoms with Gasteiger partial charge in [-0.05, 0) is 50.3 Å². The monoisotopic (exact) mass is 460 g/mol. The minimum absolute atomic E-state index is 0.0280. The molecule has 2 heterocycles. The Hall–Kier alpha value is -2.48. The summed E-state index contributed by atoms with van der Waals surface area (Å²) in [7, 11) is 3.25. The van der Waals surface area contributed by atoms with Crippen molar-refractivity contribution in [1.29, 1.82) is 0 Å². The number of ether oxygens (including phenoxy) is 2. The van der Waals surface area contributed by atoms with Crippen LogP contribution < -0.4 is 20.1 Å². The topological polar surface area (TPSA) is 83.1 Å². The van der Waals surface area contributed by atoms with E-state index in [1.807, 2.05) is 41.8 Å². The number of hydrogen-bond acceptors (Lipinski definition) is 5. The Morgan fingerprint density at radius 1 is 1.15 bits per heavy atom. The Labute approximate surface area is 198 Å². The van der Waals surface area contributed by atoms with Gasteiger partial charge in [-0.1, -0.05) is 19.9 Å². The summed E-state index contributed by atoms with van der Waals surface area (Å²) in [6.45, 7) is 10.1. The Morgan fingerprint density at radius 2 is 1.82 bits per heavy atom. The number of nitrogens with zero attached hydrogens (tertiary/aromatic N) is 2. The van der Waals surface area contributed by atoms with E-state index in [1.165, 1.54) is 0 Å². The highest BCUT2D eigenvalue weighted by Crippen LogP contribution is 2.35. The van der Waals surface area contributed by atoms with Gasteiger partial charge in [-0.3, -0.25) is 10.1 Å². The largest absolute Gasteiger partial charge is 0.493 e. The number of hydrogen-bond donors (Lipinski definition) is 2. The molecule has 8 heteroatoms. The quantitative estimate of drug-likeness (QED) is 0.623. The van der Waals surface area contributed by atoms with Gasteiger partial charge in [0.25, 0.3) is 0 Å². The first-order valence-corrected chi connectivity index (χ1v) is 12.0. The fraction of sp³-hybridized carbons (Fsp3) is 0.680. The highest BCUT2D eigenvalue weighted by Gasteiger charge is 2.51. The molecule has 1 spiro atoms. The zero-order valence-electron chi connectivity index (χ0n) is 20.9. The van der Waals surface area contributed by atoms with E-state index in [2.05, 4.69) is 24.5 Å². The molecule has 2 aliphatic heterocycles. The van der Waals surface area contributed by atoms with Crippen LogP contribution in [-0.4, -0.2) is 73.3 Å². The first kappa shape index (κ1) is 25.1. The number of rotatable bonds is 8. The maximum absolute atomic E-state index is 13.4. The van der Waals surface area contributed by atoms with E-state index in [0.717, 1.165) is 31.2 Å². The average molecular weight is 461 g/mol. The lowest BCUT2D eigenvalue weighted by molar-refractivity contribution is -0.133. The van der Waals surface area contributed by atoms with Gasteiger partial charge in [0.1, 0.15) is 0 Å². The van der Waals surface area contributed by atoms with Crippen LogP contribution in [0.4, 0.5) is 4.79 Å². The standard InChI is InChI=1S/C25H40N4O4/c1-17(2)15-20-23(30)29(12-9-19-7-8-21(32-5)22(16-19)33-6)25(27-20)10-13-28(14-11-25)24(31)26-18(3)4/h7-8,16-18,20,27H,9-15H2,1-6H3,(H,26,31)/t20-/m1/s1. The Kier molecular flexibility index (Phi) is 8.10.